The smallest absolute Gasteiger partial charge is 0.258 e. The number of aromatic nitrogens is 1. The first kappa shape index (κ1) is 19.5. The number of para-hydroxylation sites is 1. The molecular formula is C26H25N3O. The van der Waals surface area contributed by atoms with E-state index in [1.807, 2.05) is 84.9 Å². The fourth-order valence-electron chi connectivity index (χ4n) is 3.66. The van der Waals surface area contributed by atoms with Crippen LogP contribution in [0.4, 0.5) is 11.4 Å². The first-order valence-electron chi connectivity index (χ1n) is 10.1. The average molecular weight is 396 g/mol. The number of anilines is 2. The molecule has 0 bridgehead atoms. The molecule has 1 heterocycles. The molecule has 3 aromatic carbocycles. The van der Waals surface area contributed by atoms with Gasteiger partial charge in [0.2, 0.25) is 0 Å². The average Bonchev–Trinajstić information content (AvgIpc) is 3.17. The third-order valence-electron chi connectivity index (χ3n) is 5.13. The molecule has 0 saturated carbocycles. The van der Waals surface area contributed by atoms with Crippen LogP contribution in [0, 0.1) is 0 Å². The van der Waals surface area contributed by atoms with Gasteiger partial charge in [-0.05, 0) is 41.3 Å². The standard InChI is InChI=1S/C26H25N3O/c1-17(2)24-23(26(30)28-21-11-7-4-8-12-21)22(18-9-5-3-6-10-18)25(29-24)19-13-15-20(27)16-14-19/h3-17,29H,27H2,1-2H3,(H,28,30). The number of nitrogens with two attached hydrogens (primary N) is 1. The van der Waals surface area contributed by atoms with Crippen LogP contribution in [0.3, 0.4) is 0 Å². The minimum Gasteiger partial charge on any atom is -0.399 e. The van der Waals surface area contributed by atoms with Crippen LogP contribution < -0.4 is 11.1 Å². The molecule has 30 heavy (non-hydrogen) atoms. The van der Waals surface area contributed by atoms with Gasteiger partial charge in [0, 0.05) is 22.6 Å². The summed E-state index contributed by atoms with van der Waals surface area (Å²) in [5, 5.41) is 3.06. The van der Waals surface area contributed by atoms with Crippen LogP contribution in [0.5, 0.6) is 0 Å². The van der Waals surface area contributed by atoms with Crippen molar-refractivity contribution < 1.29 is 4.79 Å². The Morgan fingerprint density at radius 2 is 1.43 bits per heavy atom. The molecule has 4 N–H and O–H groups in total. The summed E-state index contributed by atoms with van der Waals surface area (Å²) < 4.78 is 0. The number of hydrogen-bond donors (Lipinski definition) is 3. The number of rotatable bonds is 5. The van der Waals surface area contributed by atoms with E-state index < -0.39 is 0 Å². The van der Waals surface area contributed by atoms with Gasteiger partial charge in [-0.15, -0.1) is 0 Å². The highest BCUT2D eigenvalue weighted by molar-refractivity contribution is 6.12. The second-order valence-electron chi connectivity index (χ2n) is 7.63. The Bertz CT molecular complexity index is 1140. The largest absolute Gasteiger partial charge is 0.399 e. The number of nitrogen functional groups attached to an aromatic ring is 1. The molecule has 0 aliphatic carbocycles. The van der Waals surface area contributed by atoms with Crippen LogP contribution in [-0.2, 0) is 0 Å². The molecule has 150 valence electrons. The minimum absolute atomic E-state index is 0.123. The van der Waals surface area contributed by atoms with Gasteiger partial charge in [0.25, 0.3) is 5.91 Å². The van der Waals surface area contributed by atoms with E-state index >= 15 is 0 Å². The quantitative estimate of drug-likeness (QED) is 0.347. The molecule has 1 amide bonds. The summed E-state index contributed by atoms with van der Waals surface area (Å²) in [6.07, 6.45) is 0. The molecule has 4 nitrogen and oxygen atoms in total. The van der Waals surface area contributed by atoms with Gasteiger partial charge in [-0.2, -0.15) is 0 Å². The lowest BCUT2D eigenvalue weighted by Crippen LogP contribution is -2.14. The van der Waals surface area contributed by atoms with Crippen molar-refractivity contribution in [3.63, 3.8) is 0 Å². The van der Waals surface area contributed by atoms with Crippen molar-refractivity contribution in [1.82, 2.24) is 4.98 Å². The molecule has 4 rings (SSSR count). The van der Waals surface area contributed by atoms with Crippen molar-refractivity contribution in [2.24, 2.45) is 0 Å². The molecular weight excluding hydrogens is 370 g/mol. The van der Waals surface area contributed by atoms with E-state index in [1.54, 1.807) is 0 Å². The molecule has 0 aliphatic rings. The van der Waals surface area contributed by atoms with Crippen LogP contribution in [0.1, 0.15) is 35.8 Å². The number of H-pyrrole nitrogens is 1. The Labute approximate surface area is 176 Å². The Morgan fingerprint density at radius 1 is 0.833 bits per heavy atom. The summed E-state index contributed by atoms with van der Waals surface area (Å²) in [7, 11) is 0. The number of hydrogen-bond acceptors (Lipinski definition) is 2. The van der Waals surface area contributed by atoms with Gasteiger partial charge in [-0.1, -0.05) is 74.5 Å². The lowest BCUT2D eigenvalue weighted by atomic mass is 9.94. The summed E-state index contributed by atoms with van der Waals surface area (Å²) in [5.74, 6) is 0.0215. The van der Waals surface area contributed by atoms with E-state index in [1.165, 1.54) is 0 Å². The first-order chi connectivity index (χ1) is 14.5. The van der Waals surface area contributed by atoms with Crippen molar-refractivity contribution in [3.05, 3.63) is 96.2 Å². The molecule has 0 unspecified atom stereocenters. The van der Waals surface area contributed by atoms with Crippen molar-refractivity contribution in [1.29, 1.82) is 0 Å². The van der Waals surface area contributed by atoms with Crippen LogP contribution in [0.2, 0.25) is 0 Å². The zero-order valence-corrected chi connectivity index (χ0v) is 17.1. The Hall–Kier alpha value is -3.79. The van der Waals surface area contributed by atoms with Gasteiger partial charge in [0.15, 0.2) is 0 Å². The summed E-state index contributed by atoms with van der Waals surface area (Å²) in [6.45, 7) is 4.18. The highest BCUT2D eigenvalue weighted by Crippen LogP contribution is 2.39. The molecule has 4 aromatic rings. The molecule has 0 radical (unpaired) electrons. The Morgan fingerprint density at radius 3 is 2.03 bits per heavy atom. The van der Waals surface area contributed by atoms with E-state index in [2.05, 4.69) is 24.1 Å². The molecule has 4 heteroatoms. The Kier molecular flexibility index (Phi) is 5.40. The van der Waals surface area contributed by atoms with Crippen LogP contribution in [-0.4, -0.2) is 10.9 Å². The number of benzene rings is 3. The predicted octanol–water partition coefficient (Wildman–Crippen LogP) is 6.31. The van der Waals surface area contributed by atoms with E-state index in [4.69, 9.17) is 5.73 Å². The fourth-order valence-corrected chi connectivity index (χ4v) is 3.66. The maximum atomic E-state index is 13.5. The lowest BCUT2D eigenvalue weighted by molar-refractivity contribution is 0.102. The van der Waals surface area contributed by atoms with Gasteiger partial charge in [-0.3, -0.25) is 4.79 Å². The zero-order chi connectivity index (χ0) is 21.1. The van der Waals surface area contributed by atoms with Gasteiger partial charge in [0.1, 0.15) is 0 Å². The van der Waals surface area contributed by atoms with Crippen LogP contribution >= 0.6 is 0 Å². The maximum Gasteiger partial charge on any atom is 0.258 e. The van der Waals surface area contributed by atoms with Crippen molar-refractivity contribution >= 4 is 17.3 Å². The number of nitrogens with one attached hydrogen (secondary N) is 2. The van der Waals surface area contributed by atoms with Gasteiger partial charge in [-0.25, -0.2) is 0 Å². The molecule has 0 atom stereocenters. The van der Waals surface area contributed by atoms with E-state index in [0.29, 0.717) is 11.3 Å². The van der Waals surface area contributed by atoms with Gasteiger partial charge >= 0.3 is 0 Å². The molecule has 0 spiro atoms. The second-order valence-corrected chi connectivity index (χ2v) is 7.63. The summed E-state index contributed by atoms with van der Waals surface area (Å²) in [5.41, 5.74) is 12.8. The SMILES string of the molecule is CC(C)c1[nH]c(-c2ccc(N)cc2)c(-c2ccccc2)c1C(=O)Nc1ccccc1. The summed E-state index contributed by atoms with van der Waals surface area (Å²) in [6, 6.07) is 27.3. The zero-order valence-electron chi connectivity index (χ0n) is 17.1. The number of aromatic amines is 1. The van der Waals surface area contributed by atoms with Crippen molar-refractivity contribution in [2.45, 2.75) is 19.8 Å². The van der Waals surface area contributed by atoms with Crippen LogP contribution in [0.25, 0.3) is 22.4 Å². The van der Waals surface area contributed by atoms with E-state index in [9.17, 15) is 4.79 Å². The van der Waals surface area contributed by atoms with Crippen molar-refractivity contribution in [2.75, 3.05) is 11.1 Å². The highest BCUT2D eigenvalue weighted by Gasteiger charge is 2.26. The molecule has 1 aromatic heterocycles. The number of amides is 1. The Balaban J connectivity index is 1.93. The van der Waals surface area contributed by atoms with Gasteiger partial charge in [0.05, 0.1) is 11.3 Å². The third-order valence-corrected chi connectivity index (χ3v) is 5.13. The predicted molar refractivity (Wildman–Crippen MR) is 125 cm³/mol. The number of carbonyl (C=O) groups excluding carboxylic acids is 1. The molecule has 0 fully saturated rings. The van der Waals surface area contributed by atoms with Crippen LogP contribution in [0.15, 0.2) is 84.9 Å². The van der Waals surface area contributed by atoms with Crippen molar-refractivity contribution in [3.8, 4) is 22.4 Å². The monoisotopic (exact) mass is 395 g/mol. The third kappa shape index (κ3) is 3.85. The van der Waals surface area contributed by atoms with Gasteiger partial charge < -0.3 is 16.0 Å². The molecule has 0 saturated heterocycles. The summed E-state index contributed by atoms with van der Waals surface area (Å²) in [4.78, 5) is 17.0. The second kappa shape index (κ2) is 8.29. The maximum absolute atomic E-state index is 13.5. The van der Waals surface area contributed by atoms with E-state index in [0.717, 1.165) is 33.8 Å². The highest BCUT2D eigenvalue weighted by atomic mass is 16.1. The fraction of sp³-hybridized carbons (Fsp3) is 0.115. The number of carbonyl (C=O) groups is 1. The lowest BCUT2D eigenvalue weighted by Gasteiger charge is -2.12. The minimum atomic E-state index is -0.123. The molecule has 0 aliphatic heterocycles. The first-order valence-corrected chi connectivity index (χ1v) is 10.1. The van der Waals surface area contributed by atoms with E-state index in [-0.39, 0.29) is 11.8 Å². The normalized spacial score (nSPS) is 10.9. The topological polar surface area (TPSA) is 70.9 Å². The summed E-state index contributed by atoms with van der Waals surface area (Å²) >= 11 is 0.